The number of amides is 1. The number of allylic oxidation sites excluding steroid dienone is 1. The number of hydrogen-bond donors (Lipinski definition) is 2. The van der Waals surface area contributed by atoms with Gasteiger partial charge in [0.05, 0.1) is 25.3 Å². The number of aliphatic hydroxyl groups is 2. The second-order valence-electron chi connectivity index (χ2n) is 14.8. The Hall–Kier alpha value is -3.51. The summed E-state index contributed by atoms with van der Waals surface area (Å²) in [4.78, 5) is 22.2. The number of ether oxygens (including phenoxy) is 4. The van der Waals surface area contributed by atoms with E-state index in [-0.39, 0.29) is 37.6 Å². The van der Waals surface area contributed by atoms with Gasteiger partial charge in [0.2, 0.25) is 5.79 Å². The maximum Gasteiger partial charge on any atom is 0.409 e. The molecule has 0 unspecified atom stereocenters. The van der Waals surface area contributed by atoms with E-state index in [0.717, 1.165) is 53.2 Å². The fraction of sp³-hybridized carbons (Fsp3) is 0.561. The molecule has 1 amide bonds. The van der Waals surface area contributed by atoms with Crippen LogP contribution >= 0.6 is 11.8 Å². The van der Waals surface area contributed by atoms with Gasteiger partial charge < -0.3 is 38.9 Å². The molecule has 1 heterocycles. The third kappa shape index (κ3) is 8.65. The Morgan fingerprint density at radius 1 is 1.08 bits per heavy atom. The van der Waals surface area contributed by atoms with Crippen LogP contribution in [0.1, 0.15) is 77.2 Å². The average molecular weight is 737 g/mol. The summed E-state index contributed by atoms with van der Waals surface area (Å²) in [6.45, 7) is 10.3. The van der Waals surface area contributed by atoms with Gasteiger partial charge in [-0.3, -0.25) is 0 Å². The maximum atomic E-state index is 13.3. The lowest BCUT2D eigenvalue weighted by Gasteiger charge is -2.59. The van der Waals surface area contributed by atoms with Crippen molar-refractivity contribution in [3.05, 3.63) is 72.3 Å². The Labute approximate surface area is 313 Å². The molecule has 2 aromatic rings. The summed E-state index contributed by atoms with van der Waals surface area (Å²) in [7, 11) is 3.08. The molecule has 52 heavy (non-hydrogen) atoms. The molecule has 10 nitrogen and oxygen atoms in total. The van der Waals surface area contributed by atoms with Crippen molar-refractivity contribution in [1.29, 1.82) is 0 Å². The highest BCUT2D eigenvalue weighted by atomic mass is 32.2. The van der Waals surface area contributed by atoms with Crippen LogP contribution in [-0.2, 0) is 14.3 Å². The summed E-state index contributed by atoms with van der Waals surface area (Å²) in [6, 6.07) is 13.3. The van der Waals surface area contributed by atoms with Gasteiger partial charge >= 0.3 is 6.09 Å². The predicted octanol–water partition coefficient (Wildman–Crippen LogP) is 8.33. The number of carbonyl (C=O) groups is 1. The van der Waals surface area contributed by atoms with Crippen LogP contribution in [0.5, 0.6) is 17.2 Å². The number of thioether (sulfide) groups is 1. The normalized spacial score (nSPS) is 25.7. The van der Waals surface area contributed by atoms with Gasteiger partial charge in [-0.2, -0.15) is 0 Å². The molecule has 284 valence electrons. The number of fused-ring (bicyclic) bond motifs is 2. The minimum absolute atomic E-state index is 0.108. The monoisotopic (exact) mass is 736 g/mol. The number of aliphatic hydroxyl groups excluding tert-OH is 2. The number of nitrogens with zero attached hydrogens (tertiary/aromatic N) is 2. The molecule has 2 aromatic carbocycles. The number of oxime groups is 1. The van der Waals surface area contributed by atoms with Crippen molar-refractivity contribution in [2.75, 3.05) is 40.2 Å². The SMILES string of the molecule is C=CCO[C@@]12Oc3ccc(Oc4ccc(SC)cc4)cc3[C@H]3[C@H](CCCCO)[C@@H](CCCCO)C=C(C(=NOC(C)(C)C)C[C@@H]1N(C)C(=O)OC)[C@H]32. The molecule has 0 radical (unpaired) electrons. The summed E-state index contributed by atoms with van der Waals surface area (Å²) in [5, 5.41) is 24.4. The van der Waals surface area contributed by atoms with Gasteiger partial charge in [0, 0.05) is 43.1 Å². The fourth-order valence-corrected chi connectivity index (χ4v) is 8.44. The van der Waals surface area contributed by atoms with E-state index in [0.29, 0.717) is 30.8 Å². The molecule has 11 heteroatoms. The van der Waals surface area contributed by atoms with Crippen molar-refractivity contribution >= 4 is 23.6 Å². The third-order valence-electron chi connectivity index (χ3n) is 10.3. The molecule has 1 fully saturated rings. The Morgan fingerprint density at radius 2 is 1.77 bits per heavy atom. The number of methoxy groups -OCH3 is 1. The summed E-state index contributed by atoms with van der Waals surface area (Å²) in [5.74, 6) is 0.425. The number of hydrogen-bond acceptors (Lipinski definition) is 10. The van der Waals surface area contributed by atoms with Gasteiger partial charge in [-0.1, -0.05) is 30.1 Å². The van der Waals surface area contributed by atoms with E-state index in [2.05, 4.69) is 18.7 Å². The van der Waals surface area contributed by atoms with Crippen LogP contribution in [0.15, 0.2) is 76.8 Å². The summed E-state index contributed by atoms with van der Waals surface area (Å²) in [5.41, 5.74) is 2.15. The largest absolute Gasteiger partial charge is 0.459 e. The molecule has 3 aliphatic rings. The zero-order valence-corrected chi connectivity index (χ0v) is 32.3. The number of likely N-dealkylation sites (N-methyl/N-ethyl adjacent to an activating group) is 1. The van der Waals surface area contributed by atoms with Crippen molar-refractivity contribution in [1.82, 2.24) is 4.90 Å². The Kier molecular flexibility index (Phi) is 13.4. The average Bonchev–Trinajstić information content (AvgIpc) is 3.14. The molecule has 1 saturated carbocycles. The first-order valence-corrected chi connectivity index (χ1v) is 19.6. The van der Waals surface area contributed by atoms with E-state index >= 15 is 0 Å². The van der Waals surface area contributed by atoms with Crippen molar-refractivity contribution in [2.45, 2.75) is 94.0 Å². The number of unbranched alkanes of at least 4 members (excludes halogenated alkanes) is 2. The topological polar surface area (TPSA) is 119 Å². The zero-order valence-electron chi connectivity index (χ0n) is 31.5. The first kappa shape index (κ1) is 39.7. The van der Waals surface area contributed by atoms with Crippen LogP contribution in [0.25, 0.3) is 0 Å². The highest BCUT2D eigenvalue weighted by Crippen LogP contribution is 2.62. The van der Waals surface area contributed by atoms with Gasteiger partial charge in [0.25, 0.3) is 0 Å². The highest BCUT2D eigenvalue weighted by molar-refractivity contribution is 7.98. The lowest BCUT2D eigenvalue weighted by Crippen LogP contribution is -2.69. The summed E-state index contributed by atoms with van der Waals surface area (Å²) >= 11 is 1.68. The maximum absolute atomic E-state index is 13.3. The predicted molar refractivity (Wildman–Crippen MR) is 204 cm³/mol. The molecule has 2 N–H and O–H groups in total. The van der Waals surface area contributed by atoms with Crippen LogP contribution in [0.4, 0.5) is 4.79 Å². The lowest BCUT2D eigenvalue weighted by atomic mass is 9.55. The molecule has 5 rings (SSSR count). The van der Waals surface area contributed by atoms with Gasteiger partial charge in [0.15, 0.2) is 0 Å². The van der Waals surface area contributed by atoms with Crippen molar-refractivity contribution in [2.24, 2.45) is 22.9 Å². The first-order valence-electron chi connectivity index (χ1n) is 18.4. The van der Waals surface area contributed by atoms with Crippen molar-refractivity contribution < 1.29 is 38.8 Å². The molecule has 0 bridgehead atoms. The van der Waals surface area contributed by atoms with Gasteiger partial charge in [-0.25, -0.2) is 4.79 Å². The van der Waals surface area contributed by atoms with E-state index < -0.39 is 29.4 Å². The molecular weight excluding hydrogens is 681 g/mol. The van der Waals surface area contributed by atoms with Crippen LogP contribution in [-0.4, -0.2) is 84.6 Å². The minimum Gasteiger partial charge on any atom is -0.459 e. The highest BCUT2D eigenvalue weighted by Gasteiger charge is 2.65. The number of carbonyl (C=O) groups excluding carboxylic acids is 1. The third-order valence-corrected chi connectivity index (χ3v) is 11.0. The Morgan fingerprint density at radius 3 is 2.40 bits per heavy atom. The zero-order chi connectivity index (χ0) is 37.5. The number of benzene rings is 2. The van der Waals surface area contributed by atoms with Gasteiger partial charge in [-0.05, 0) is 113 Å². The van der Waals surface area contributed by atoms with Gasteiger partial charge in [-0.15, -0.1) is 18.3 Å². The van der Waals surface area contributed by atoms with Crippen LogP contribution in [0, 0.1) is 17.8 Å². The molecule has 1 aliphatic heterocycles. The summed E-state index contributed by atoms with van der Waals surface area (Å²) < 4.78 is 25.7. The quantitative estimate of drug-likeness (QED) is 0.0759. The number of rotatable bonds is 16. The van der Waals surface area contributed by atoms with E-state index in [1.807, 2.05) is 63.4 Å². The molecule has 0 saturated heterocycles. The van der Waals surface area contributed by atoms with E-state index in [1.165, 1.54) is 7.11 Å². The summed E-state index contributed by atoms with van der Waals surface area (Å²) in [6.07, 6.45) is 10.6. The standard InChI is InChI=1S/C41H56N2O8S/c1-8-23-48-41-36(43(5)39(46)47-6)26-34(42-51-40(2,3)4)32-24-27(13-9-11-21-44)31(14-10-12-22-45)37(38(32)41)33-25-29(17-20-35(33)50-41)49-28-15-18-30(52-7)19-16-28/h8,15-20,24-25,27,31,36-38,44-45H,1,9-14,21-23,26H2,2-7H3/t27-,31+,36-,37+,38+,41+/m0/s1. The first-order chi connectivity index (χ1) is 25.0. The minimum atomic E-state index is -1.33. The molecule has 0 aromatic heterocycles. The smallest absolute Gasteiger partial charge is 0.409 e. The van der Waals surface area contributed by atoms with E-state index in [4.69, 9.17) is 28.9 Å². The van der Waals surface area contributed by atoms with Crippen LogP contribution < -0.4 is 9.47 Å². The molecule has 2 aliphatic carbocycles. The Balaban J connectivity index is 1.75. The lowest BCUT2D eigenvalue weighted by molar-refractivity contribution is -0.253. The van der Waals surface area contributed by atoms with Gasteiger partial charge in [0.1, 0.15) is 28.9 Å². The molecular formula is C41H56N2O8S. The molecule has 0 spiro atoms. The fourth-order valence-electron chi connectivity index (χ4n) is 8.03. The second kappa shape index (κ2) is 17.5. The van der Waals surface area contributed by atoms with Crippen molar-refractivity contribution in [3.8, 4) is 17.2 Å². The van der Waals surface area contributed by atoms with Crippen LogP contribution in [0.3, 0.4) is 0 Å². The van der Waals surface area contributed by atoms with E-state index in [9.17, 15) is 15.0 Å². The van der Waals surface area contributed by atoms with E-state index in [1.54, 1.807) is 29.8 Å². The molecule has 6 atom stereocenters. The Bertz CT molecular complexity index is 1590. The second-order valence-corrected chi connectivity index (χ2v) is 15.7. The van der Waals surface area contributed by atoms with Crippen molar-refractivity contribution in [3.63, 3.8) is 0 Å². The van der Waals surface area contributed by atoms with Crippen LogP contribution in [0.2, 0.25) is 0 Å².